The molecule has 0 saturated heterocycles. The number of carboxylic acids is 1. The summed E-state index contributed by atoms with van der Waals surface area (Å²) in [4.78, 5) is 10.4. The van der Waals surface area contributed by atoms with Crippen LogP contribution < -0.4 is 5.73 Å². The van der Waals surface area contributed by atoms with Gasteiger partial charge in [-0.05, 0) is 36.6 Å². The number of carbonyl (C=O) groups is 1. The van der Waals surface area contributed by atoms with E-state index in [1.54, 1.807) is 6.92 Å². The van der Waals surface area contributed by atoms with E-state index in [9.17, 15) is 9.18 Å². The molecule has 1 rings (SSSR count). The van der Waals surface area contributed by atoms with Crippen LogP contribution in [0.3, 0.4) is 0 Å². The fourth-order valence-electron chi connectivity index (χ4n) is 1.52. The van der Waals surface area contributed by atoms with Gasteiger partial charge < -0.3 is 15.9 Å². The monoisotopic (exact) mass is 227 g/mol. The molecule has 1 atom stereocenters. The van der Waals surface area contributed by atoms with Crippen LogP contribution in [-0.2, 0) is 4.79 Å². The van der Waals surface area contributed by atoms with E-state index in [0.29, 0.717) is 11.1 Å². The summed E-state index contributed by atoms with van der Waals surface area (Å²) in [5.41, 5.74) is 6.93. The Morgan fingerprint density at radius 1 is 1.56 bits per heavy atom. The molecule has 16 heavy (non-hydrogen) atoms. The molecule has 4 nitrogen and oxygen atoms in total. The molecule has 5 heteroatoms. The summed E-state index contributed by atoms with van der Waals surface area (Å²) in [6.07, 6.45) is 0.170. The van der Waals surface area contributed by atoms with Crippen molar-refractivity contribution in [1.29, 1.82) is 0 Å². The average molecular weight is 227 g/mol. The lowest BCUT2D eigenvalue weighted by atomic mass is 9.98. The standard InChI is InChI=1S/C11H14FNO3/c1-6-4-10(14)8(12)5-7(6)9(13)2-3-11(15)16/h4-5,9,14H,2-3,13H2,1H3,(H,15,16). The number of nitrogens with two attached hydrogens (primary N) is 1. The average Bonchev–Trinajstić information content (AvgIpc) is 2.20. The van der Waals surface area contributed by atoms with E-state index in [2.05, 4.69) is 0 Å². The van der Waals surface area contributed by atoms with Gasteiger partial charge in [0.05, 0.1) is 0 Å². The number of aryl methyl sites for hydroxylation is 1. The van der Waals surface area contributed by atoms with Crippen molar-refractivity contribution in [2.45, 2.75) is 25.8 Å². The van der Waals surface area contributed by atoms with Gasteiger partial charge in [0.1, 0.15) is 0 Å². The number of benzene rings is 1. The third-order valence-corrected chi connectivity index (χ3v) is 2.40. The second-order valence-electron chi connectivity index (χ2n) is 3.70. The zero-order valence-electron chi connectivity index (χ0n) is 8.90. The minimum Gasteiger partial charge on any atom is -0.505 e. The van der Waals surface area contributed by atoms with E-state index in [4.69, 9.17) is 15.9 Å². The summed E-state index contributed by atoms with van der Waals surface area (Å²) in [5.74, 6) is -2.11. The van der Waals surface area contributed by atoms with Gasteiger partial charge in [0.2, 0.25) is 0 Å². The van der Waals surface area contributed by atoms with Crippen LogP contribution in [0.15, 0.2) is 12.1 Å². The molecule has 0 fully saturated rings. The van der Waals surface area contributed by atoms with Gasteiger partial charge in [-0.3, -0.25) is 4.79 Å². The summed E-state index contributed by atoms with van der Waals surface area (Å²) in [5, 5.41) is 17.6. The van der Waals surface area contributed by atoms with Crippen molar-refractivity contribution in [3.63, 3.8) is 0 Å². The van der Waals surface area contributed by atoms with Gasteiger partial charge in [0, 0.05) is 12.5 Å². The predicted octanol–water partition coefficient (Wildman–Crippen LogP) is 1.70. The normalized spacial score (nSPS) is 12.4. The fraction of sp³-hybridized carbons (Fsp3) is 0.364. The maximum absolute atomic E-state index is 13.1. The van der Waals surface area contributed by atoms with Crippen LogP contribution in [0.2, 0.25) is 0 Å². The number of rotatable bonds is 4. The number of aromatic hydroxyl groups is 1. The lowest BCUT2D eigenvalue weighted by Gasteiger charge is -2.14. The number of phenols is 1. The number of phenolic OH excluding ortho intramolecular Hbond substituents is 1. The molecule has 0 aliphatic heterocycles. The number of hydrogen-bond donors (Lipinski definition) is 3. The Morgan fingerprint density at radius 2 is 2.19 bits per heavy atom. The van der Waals surface area contributed by atoms with Crippen LogP contribution in [-0.4, -0.2) is 16.2 Å². The number of hydrogen-bond acceptors (Lipinski definition) is 3. The third-order valence-electron chi connectivity index (χ3n) is 2.40. The molecule has 0 aliphatic rings. The van der Waals surface area contributed by atoms with Crippen LogP contribution in [0, 0.1) is 12.7 Å². The molecule has 0 heterocycles. The highest BCUT2D eigenvalue weighted by Gasteiger charge is 2.13. The van der Waals surface area contributed by atoms with Crippen molar-refractivity contribution in [2.75, 3.05) is 0 Å². The first-order chi connectivity index (χ1) is 7.41. The molecular formula is C11H14FNO3. The molecule has 4 N–H and O–H groups in total. The fourth-order valence-corrected chi connectivity index (χ4v) is 1.52. The second-order valence-corrected chi connectivity index (χ2v) is 3.70. The second kappa shape index (κ2) is 4.94. The summed E-state index contributed by atoms with van der Waals surface area (Å²) in [6.45, 7) is 1.69. The van der Waals surface area contributed by atoms with Gasteiger partial charge in [-0.1, -0.05) is 0 Å². The Bertz CT molecular complexity index is 406. The van der Waals surface area contributed by atoms with Crippen molar-refractivity contribution in [3.8, 4) is 5.75 Å². The Hall–Kier alpha value is -1.62. The maximum atomic E-state index is 13.1. The first kappa shape index (κ1) is 12.4. The molecule has 0 radical (unpaired) electrons. The number of halogens is 1. The molecule has 0 spiro atoms. The van der Waals surface area contributed by atoms with E-state index < -0.39 is 23.6 Å². The van der Waals surface area contributed by atoms with Crippen molar-refractivity contribution in [3.05, 3.63) is 29.1 Å². The van der Waals surface area contributed by atoms with Gasteiger partial charge in [0.25, 0.3) is 0 Å². The van der Waals surface area contributed by atoms with Crippen LogP contribution in [0.5, 0.6) is 5.75 Å². The lowest BCUT2D eigenvalue weighted by Crippen LogP contribution is -2.13. The number of aliphatic carboxylic acids is 1. The largest absolute Gasteiger partial charge is 0.505 e. The summed E-state index contributed by atoms with van der Waals surface area (Å²) < 4.78 is 13.1. The first-order valence-electron chi connectivity index (χ1n) is 4.88. The van der Waals surface area contributed by atoms with Crippen molar-refractivity contribution < 1.29 is 19.4 Å². The van der Waals surface area contributed by atoms with E-state index in [1.807, 2.05) is 0 Å². The van der Waals surface area contributed by atoms with E-state index in [-0.39, 0.29) is 12.8 Å². The molecule has 1 aromatic rings. The maximum Gasteiger partial charge on any atom is 0.303 e. The van der Waals surface area contributed by atoms with E-state index in [1.165, 1.54) is 6.07 Å². The zero-order valence-corrected chi connectivity index (χ0v) is 8.90. The van der Waals surface area contributed by atoms with Crippen LogP contribution in [0.4, 0.5) is 4.39 Å². The quantitative estimate of drug-likeness (QED) is 0.731. The highest BCUT2D eigenvalue weighted by Crippen LogP contribution is 2.26. The van der Waals surface area contributed by atoms with Crippen LogP contribution in [0.25, 0.3) is 0 Å². The summed E-state index contributed by atoms with van der Waals surface area (Å²) in [6, 6.07) is 1.90. The highest BCUT2D eigenvalue weighted by molar-refractivity contribution is 5.66. The molecular weight excluding hydrogens is 213 g/mol. The molecule has 0 aliphatic carbocycles. The van der Waals surface area contributed by atoms with Gasteiger partial charge in [0.15, 0.2) is 11.6 Å². The number of carboxylic acid groups (broad SMARTS) is 1. The van der Waals surface area contributed by atoms with Crippen molar-refractivity contribution >= 4 is 5.97 Å². The Balaban J connectivity index is 2.86. The predicted molar refractivity (Wildman–Crippen MR) is 56.6 cm³/mol. The molecule has 1 aromatic carbocycles. The summed E-state index contributed by atoms with van der Waals surface area (Å²) in [7, 11) is 0. The van der Waals surface area contributed by atoms with Gasteiger partial charge in [-0.2, -0.15) is 0 Å². The van der Waals surface area contributed by atoms with E-state index >= 15 is 0 Å². The molecule has 0 saturated carbocycles. The zero-order chi connectivity index (χ0) is 12.3. The van der Waals surface area contributed by atoms with Gasteiger partial charge >= 0.3 is 5.97 Å². The van der Waals surface area contributed by atoms with Gasteiger partial charge in [-0.15, -0.1) is 0 Å². The van der Waals surface area contributed by atoms with Gasteiger partial charge in [-0.25, -0.2) is 4.39 Å². The van der Waals surface area contributed by atoms with E-state index in [0.717, 1.165) is 6.07 Å². The first-order valence-corrected chi connectivity index (χ1v) is 4.88. The summed E-state index contributed by atoms with van der Waals surface area (Å²) >= 11 is 0. The molecule has 0 bridgehead atoms. The third kappa shape index (κ3) is 2.93. The highest BCUT2D eigenvalue weighted by atomic mass is 19.1. The minimum absolute atomic E-state index is 0.0664. The van der Waals surface area contributed by atoms with Crippen LogP contribution in [0.1, 0.15) is 30.0 Å². The lowest BCUT2D eigenvalue weighted by molar-refractivity contribution is -0.137. The van der Waals surface area contributed by atoms with Crippen LogP contribution >= 0.6 is 0 Å². The van der Waals surface area contributed by atoms with Crippen molar-refractivity contribution in [1.82, 2.24) is 0 Å². The molecule has 0 amide bonds. The Labute approximate surface area is 92.5 Å². The smallest absolute Gasteiger partial charge is 0.303 e. The Morgan fingerprint density at radius 3 is 2.75 bits per heavy atom. The SMILES string of the molecule is Cc1cc(O)c(F)cc1C(N)CCC(=O)O. The Kier molecular flexibility index (Phi) is 3.84. The molecule has 0 aromatic heterocycles. The van der Waals surface area contributed by atoms with Crippen molar-refractivity contribution in [2.24, 2.45) is 5.73 Å². The molecule has 1 unspecified atom stereocenters. The topological polar surface area (TPSA) is 83.5 Å². The minimum atomic E-state index is -0.938. The molecule has 88 valence electrons.